The van der Waals surface area contributed by atoms with Gasteiger partial charge in [-0.05, 0) is 5.92 Å². The lowest BCUT2D eigenvalue weighted by atomic mass is 10.0. The SMILES string of the molecule is CCC(C)C(N)CSCC(O)CO. The van der Waals surface area contributed by atoms with Gasteiger partial charge in [-0.25, -0.2) is 0 Å². The highest BCUT2D eigenvalue weighted by molar-refractivity contribution is 7.99. The van der Waals surface area contributed by atoms with Crippen LogP contribution in [0, 0.1) is 5.92 Å². The molecule has 0 amide bonds. The largest absolute Gasteiger partial charge is 0.394 e. The molecule has 0 bridgehead atoms. The Hall–Kier alpha value is 0.230. The van der Waals surface area contributed by atoms with E-state index in [4.69, 9.17) is 15.9 Å². The van der Waals surface area contributed by atoms with Crippen LogP contribution in [0.4, 0.5) is 0 Å². The van der Waals surface area contributed by atoms with Crippen molar-refractivity contribution in [1.29, 1.82) is 0 Å². The molecule has 0 saturated heterocycles. The number of hydrogen-bond acceptors (Lipinski definition) is 4. The van der Waals surface area contributed by atoms with Gasteiger partial charge in [0.15, 0.2) is 0 Å². The molecule has 80 valence electrons. The van der Waals surface area contributed by atoms with E-state index in [1.807, 2.05) is 0 Å². The van der Waals surface area contributed by atoms with Crippen molar-refractivity contribution in [3.63, 3.8) is 0 Å². The lowest BCUT2D eigenvalue weighted by Gasteiger charge is -2.18. The second kappa shape index (κ2) is 7.62. The fraction of sp³-hybridized carbons (Fsp3) is 1.00. The molecule has 13 heavy (non-hydrogen) atoms. The van der Waals surface area contributed by atoms with Crippen LogP contribution in [0.5, 0.6) is 0 Å². The van der Waals surface area contributed by atoms with Crippen molar-refractivity contribution in [3.05, 3.63) is 0 Å². The van der Waals surface area contributed by atoms with Crippen LogP contribution in [0.25, 0.3) is 0 Å². The number of thioether (sulfide) groups is 1. The molecule has 0 aliphatic rings. The van der Waals surface area contributed by atoms with Crippen LogP contribution in [0.1, 0.15) is 20.3 Å². The minimum Gasteiger partial charge on any atom is -0.394 e. The molecule has 3 nitrogen and oxygen atoms in total. The summed E-state index contributed by atoms with van der Waals surface area (Å²) >= 11 is 1.60. The number of aliphatic hydroxyl groups is 2. The van der Waals surface area contributed by atoms with E-state index in [2.05, 4.69) is 13.8 Å². The van der Waals surface area contributed by atoms with Crippen molar-refractivity contribution in [1.82, 2.24) is 0 Å². The molecule has 0 radical (unpaired) electrons. The van der Waals surface area contributed by atoms with Crippen LogP contribution in [0.3, 0.4) is 0 Å². The summed E-state index contributed by atoms with van der Waals surface area (Å²) < 4.78 is 0. The second-order valence-corrected chi connectivity index (χ2v) is 4.50. The molecule has 0 rings (SSSR count). The average Bonchev–Trinajstić information content (AvgIpc) is 2.15. The molecular weight excluding hydrogens is 186 g/mol. The molecule has 3 unspecified atom stereocenters. The second-order valence-electron chi connectivity index (χ2n) is 3.42. The van der Waals surface area contributed by atoms with Crippen LogP contribution in [-0.2, 0) is 0 Å². The molecule has 3 atom stereocenters. The standard InChI is InChI=1S/C9H21NO2S/c1-3-7(2)9(10)6-13-5-8(12)4-11/h7-9,11-12H,3-6,10H2,1-2H3. The monoisotopic (exact) mass is 207 g/mol. The van der Waals surface area contributed by atoms with Crippen LogP contribution >= 0.6 is 11.8 Å². The first-order valence-corrected chi connectivity index (χ1v) is 5.89. The summed E-state index contributed by atoms with van der Waals surface area (Å²) in [6.45, 7) is 4.09. The number of nitrogens with two attached hydrogens (primary N) is 1. The molecule has 0 aromatic carbocycles. The zero-order chi connectivity index (χ0) is 10.3. The van der Waals surface area contributed by atoms with Crippen LogP contribution in [0.2, 0.25) is 0 Å². The molecule has 4 N–H and O–H groups in total. The van der Waals surface area contributed by atoms with E-state index in [1.54, 1.807) is 11.8 Å². The Morgan fingerprint density at radius 1 is 1.38 bits per heavy atom. The van der Waals surface area contributed by atoms with Crippen molar-refractivity contribution in [3.8, 4) is 0 Å². The summed E-state index contributed by atoms with van der Waals surface area (Å²) in [5.74, 6) is 1.95. The molecule has 0 spiro atoms. The molecule has 0 heterocycles. The third-order valence-corrected chi connectivity index (χ3v) is 3.45. The first-order chi connectivity index (χ1) is 6.11. The molecule has 0 aromatic heterocycles. The highest BCUT2D eigenvalue weighted by Crippen LogP contribution is 2.12. The van der Waals surface area contributed by atoms with Crippen LogP contribution in [0.15, 0.2) is 0 Å². The smallest absolute Gasteiger partial charge is 0.0861 e. The van der Waals surface area contributed by atoms with E-state index in [1.165, 1.54) is 0 Å². The van der Waals surface area contributed by atoms with Gasteiger partial charge in [0.2, 0.25) is 0 Å². The summed E-state index contributed by atoms with van der Waals surface area (Å²) in [4.78, 5) is 0. The zero-order valence-corrected chi connectivity index (χ0v) is 9.26. The summed E-state index contributed by atoms with van der Waals surface area (Å²) in [6, 6.07) is 0.195. The third-order valence-electron chi connectivity index (χ3n) is 2.21. The quantitative estimate of drug-likeness (QED) is 0.567. The fourth-order valence-electron chi connectivity index (χ4n) is 0.860. The summed E-state index contributed by atoms with van der Waals surface area (Å²) in [7, 11) is 0. The predicted octanol–water partition coefficient (Wildman–Crippen LogP) is 0.446. The topological polar surface area (TPSA) is 66.5 Å². The normalized spacial score (nSPS) is 18.2. The van der Waals surface area contributed by atoms with E-state index in [0.29, 0.717) is 11.7 Å². The molecule has 0 aliphatic heterocycles. The van der Waals surface area contributed by atoms with E-state index in [9.17, 15) is 0 Å². The van der Waals surface area contributed by atoms with Crippen molar-refractivity contribution in [2.45, 2.75) is 32.4 Å². The minimum absolute atomic E-state index is 0.161. The Kier molecular flexibility index (Phi) is 7.75. The Morgan fingerprint density at radius 2 is 2.00 bits per heavy atom. The summed E-state index contributed by atoms with van der Waals surface area (Å²) in [5.41, 5.74) is 5.89. The lowest BCUT2D eigenvalue weighted by molar-refractivity contribution is 0.113. The van der Waals surface area contributed by atoms with Gasteiger partial charge in [-0.3, -0.25) is 0 Å². The van der Waals surface area contributed by atoms with Gasteiger partial charge in [-0.1, -0.05) is 20.3 Å². The van der Waals surface area contributed by atoms with Crippen LogP contribution < -0.4 is 5.73 Å². The summed E-state index contributed by atoms with van der Waals surface area (Å²) in [6.07, 6.45) is 0.485. The highest BCUT2D eigenvalue weighted by atomic mass is 32.2. The number of hydrogen-bond donors (Lipinski definition) is 3. The average molecular weight is 207 g/mol. The van der Waals surface area contributed by atoms with Crippen molar-refractivity contribution in [2.24, 2.45) is 11.7 Å². The molecular formula is C9H21NO2S. The van der Waals surface area contributed by atoms with E-state index in [0.717, 1.165) is 12.2 Å². The van der Waals surface area contributed by atoms with Gasteiger partial charge >= 0.3 is 0 Å². The molecule has 0 saturated carbocycles. The molecule has 0 fully saturated rings. The van der Waals surface area contributed by atoms with Gasteiger partial charge in [0.1, 0.15) is 0 Å². The summed E-state index contributed by atoms with van der Waals surface area (Å²) in [5, 5.41) is 17.6. The van der Waals surface area contributed by atoms with Gasteiger partial charge in [-0.2, -0.15) is 11.8 Å². The van der Waals surface area contributed by atoms with E-state index < -0.39 is 6.10 Å². The van der Waals surface area contributed by atoms with Crippen LogP contribution in [-0.4, -0.2) is 40.5 Å². The molecule has 4 heteroatoms. The molecule has 0 aromatic rings. The maximum atomic E-state index is 9.05. The fourth-order valence-corrected chi connectivity index (χ4v) is 1.97. The number of rotatable bonds is 7. The Bertz CT molecular complexity index is 124. The third kappa shape index (κ3) is 6.32. The van der Waals surface area contributed by atoms with Gasteiger partial charge < -0.3 is 15.9 Å². The van der Waals surface area contributed by atoms with E-state index >= 15 is 0 Å². The Morgan fingerprint density at radius 3 is 2.46 bits per heavy atom. The first-order valence-electron chi connectivity index (χ1n) is 4.74. The van der Waals surface area contributed by atoms with Crippen molar-refractivity contribution in [2.75, 3.05) is 18.1 Å². The zero-order valence-electron chi connectivity index (χ0n) is 8.44. The van der Waals surface area contributed by atoms with Gasteiger partial charge in [0.05, 0.1) is 12.7 Å². The highest BCUT2D eigenvalue weighted by Gasteiger charge is 2.11. The Balaban J connectivity index is 3.41. The minimum atomic E-state index is -0.603. The number of aliphatic hydroxyl groups excluding tert-OH is 2. The van der Waals surface area contributed by atoms with Gasteiger partial charge in [0.25, 0.3) is 0 Å². The van der Waals surface area contributed by atoms with Gasteiger partial charge in [0, 0.05) is 17.5 Å². The predicted molar refractivity (Wildman–Crippen MR) is 57.8 cm³/mol. The van der Waals surface area contributed by atoms with E-state index in [-0.39, 0.29) is 12.6 Å². The maximum absolute atomic E-state index is 9.05. The van der Waals surface area contributed by atoms with Crippen molar-refractivity contribution < 1.29 is 10.2 Å². The Labute approximate surface area is 84.7 Å². The maximum Gasteiger partial charge on any atom is 0.0861 e. The first kappa shape index (κ1) is 13.2. The van der Waals surface area contributed by atoms with Crippen molar-refractivity contribution >= 4 is 11.8 Å². The van der Waals surface area contributed by atoms with Gasteiger partial charge in [-0.15, -0.1) is 0 Å². The lowest BCUT2D eigenvalue weighted by Crippen LogP contribution is -2.31. The molecule has 0 aliphatic carbocycles.